The normalized spacial score (nSPS) is 24.5. The van der Waals surface area contributed by atoms with Crippen LogP contribution in [0.25, 0.3) is 0 Å². The van der Waals surface area contributed by atoms with E-state index in [0.29, 0.717) is 0 Å². The molecule has 11 heavy (non-hydrogen) atoms. The van der Waals surface area contributed by atoms with Crippen molar-refractivity contribution in [3.8, 4) is 0 Å². The number of carbonyl (C=O) groups is 1. The van der Waals surface area contributed by atoms with Crippen LogP contribution < -0.4 is 5.73 Å². The van der Waals surface area contributed by atoms with Crippen LogP contribution >= 0.6 is 0 Å². The Labute approximate surface area is 67.5 Å². The van der Waals surface area contributed by atoms with Gasteiger partial charge in [0.25, 0.3) is 0 Å². The maximum absolute atomic E-state index is 10.7. The predicted molar refractivity (Wildman–Crippen MR) is 44.9 cm³/mol. The molecule has 1 atom stereocenters. The van der Waals surface area contributed by atoms with Crippen molar-refractivity contribution in [2.24, 2.45) is 11.7 Å². The van der Waals surface area contributed by atoms with E-state index in [-0.39, 0.29) is 11.8 Å². The summed E-state index contributed by atoms with van der Waals surface area (Å²) < 4.78 is 0. The second-order valence-corrected chi connectivity index (χ2v) is 3.09. The summed E-state index contributed by atoms with van der Waals surface area (Å²) >= 11 is 0. The fraction of sp³-hybridized carbons (Fsp3) is 0.667. The van der Waals surface area contributed by atoms with E-state index >= 15 is 0 Å². The summed E-state index contributed by atoms with van der Waals surface area (Å²) in [6, 6.07) is 0. The second kappa shape index (κ2) is 3.56. The molecule has 2 N–H and O–H groups in total. The smallest absolute Gasteiger partial charge is 0.220 e. The van der Waals surface area contributed by atoms with Crippen molar-refractivity contribution in [1.29, 1.82) is 0 Å². The number of hydrogen-bond acceptors (Lipinski definition) is 1. The topological polar surface area (TPSA) is 43.1 Å². The Hall–Kier alpha value is -0.790. The van der Waals surface area contributed by atoms with Gasteiger partial charge in [0.15, 0.2) is 0 Å². The molecule has 1 aliphatic rings. The molecule has 0 saturated carbocycles. The summed E-state index contributed by atoms with van der Waals surface area (Å²) in [6.07, 6.45) is 6.15. The molecule has 1 amide bonds. The molecule has 0 radical (unpaired) electrons. The highest BCUT2D eigenvalue weighted by molar-refractivity contribution is 5.77. The van der Waals surface area contributed by atoms with Crippen molar-refractivity contribution in [1.82, 2.24) is 0 Å². The minimum absolute atomic E-state index is 0.102. The van der Waals surface area contributed by atoms with Crippen molar-refractivity contribution in [2.75, 3.05) is 0 Å². The van der Waals surface area contributed by atoms with E-state index in [4.69, 9.17) is 5.73 Å². The van der Waals surface area contributed by atoms with E-state index in [9.17, 15) is 4.79 Å². The molecule has 0 aromatic rings. The van der Waals surface area contributed by atoms with Gasteiger partial charge in [-0.05, 0) is 25.7 Å². The third-order valence-electron chi connectivity index (χ3n) is 2.36. The average molecular weight is 153 g/mol. The molecule has 0 bridgehead atoms. The molecule has 0 spiro atoms. The van der Waals surface area contributed by atoms with Gasteiger partial charge >= 0.3 is 0 Å². The molecule has 0 aromatic carbocycles. The van der Waals surface area contributed by atoms with Gasteiger partial charge in [-0.25, -0.2) is 0 Å². The standard InChI is InChI=1S/C9H15NO/c1-2-7-3-5-8(6-4-7)9(10)11/h3,8H,2,4-6H2,1H3,(H2,10,11). The largest absolute Gasteiger partial charge is 0.369 e. The highest BCUT2D eigenvalue weighted by atomic mass is 16.1. The lowest BCUT2D eigenvalue weighted by atomic mass is 9.88. The van der Waals surface area contributed by atoms with Crippen LogP contribution in [-0.4, -0.2) is 5.91 Å². The van der Waals surface area contributed by atoms with Gasteiger partial charge < -0.3 is 5.73 Å². The van der Waals surface area contributed by atoms with Crippen molar-refractivity contribution >= 4 is 5.91 Å². The molecule has 2 heteroatoms. The first-order valence-corrected chi connectivity index (χ1v) is 4.21. The monoisotopic (exact) mass is 153 g/mol. The number of carbonyl (C=O) groups excluding carboxylic acids is 1. The van der Waals surface area contributed by atoms with E-state index < -0.39 is 0 Å². The lowest BCUT2D eigenvalue weighted by Crippen LogP contribution is -2.24. The lowest BCUT2D eigenvalue weighted by Gasteiger charge is -2.17. The number of rotatable bonds is 2. The number of amides is 1. The summed E-state index contributed by atoms with van der Waals surface area (Å²) in [5.41, 5.74) is 6.66. The number of primary amides is 1. The zero-order chi connectivity index (χ0) is 8.27. The minimum Gasteiger partial charge on any atom is -0.369 e. The van der Waals surface area contributed by atoms with Gasteiger partial charge in [0, 0.05) is 5.92 Å². The zero-order valence-electron chi connectivity index (χ0n) is 6.97. The van der Waals surface area contributed by atoms with Crippen LogP contribution in [-0.2, 0) is 4.79 Å². The average Bonchev–Trinajstić information content (AvgIpc) is 2.05. The maximum Gasteiger partial charge on any atom is 0.220 e. The zero-order valence-corrected chi connectivity index (χ0v) is 6.97. The van der Waals surface area contributed by atoms with Gasteiger partial charge in [-0.3, -0.25) is 4.79 Å². The van der Waals surface area contributed by atoms with Crippen LogP contribution in [0.4, 0.5) is 0 Å². The molecule has 0 fully saturated rings. The van der Waals surface area contributed by atoms with Gasteiger partial charge in [0.05, 0.1) is 0 Å². The number of allylic oxidation sites excluding steroid dienone is 2. The number of nitrogens with two attached hydrogens (primary N) is 1. The SMILES string of the molecule is CCC1=CCC(C(N)=O)CC1. The molecule has 62 valence electrons. The Kier molecular flexibility index (Phi) is 2.69. The highest BCUT2D eigenvalue weighted by Crippen LogP contribution is 2.24. The molecular weight excluding hydrogens is 138 g/mol. The van der Waals surface area contributed by atoms with Gasteiger partial charge in [-0.1, -0.05) is 18.6 Å². The van der Waals surface area contributed by atoms with Gasteiger partial charge in [-0.2, -0.15) is 0 Å². The maximum atomic E-state index is 10.7. The summed E-state index contributed by atoms with van der Waals surface area (Å²) in [7, 11) is 0. The van der Waals surface area contributed by atoms with E-state index in [1.54, 1.807) is 0 Å². The Bertz CT molecular complexity index is 184. The Morgan fingerprint density at radius 3 is 2.91 bits per heavy atom. The summed E-state index contributed by atoms with van der Waals surface area (Å²) in [6.45, 7) is 2.15. The lowest BCUT2D eigenvalue weighted by molar-refractivity contribution is -0.122. The van der Waals surface area contributed by atoms with Crippen molar-refractivity contribution in [3.63, 3.8) is 0 Å². The Balaban J connectivity index is 2.47. The molecule has 2 nitrogen and oxygen atoms in total. The summed E-state index contributed by atoms with van der Waals surface area (Å²) in [5, 5.41) is 0. The van der Waals surface area contributed by atoms with E-state index in [1.807, 2.05) is 0 Å². The van der Waals surface area contributed by atoms with Gasteiger partial charge in [0.1, 0.15) is 0 Å². The van der Waals surface area contributed by atoms with Gasteiger partial charge in [-0.15, -0.1) is 0 Å². The molecule has 1 rings (SSSR count). The van der Waals surface area contributed by atoms with Crippen molar-refractivity contribution in [2.45, 2.75) is 32.6 Å². The molecule has 1 aliphatic carbocycles. The first-order chi connectivity index (χ1) is 5.24. The third kappa shape index (κ3) is 2.07. The van der Waals surface area contributed by atoms with Gasteiger partial charge in [0.2, 0.25) is 5.91 Å². The first kappa shape index (κ1) is 8.31. The van der Waals surface area contributed by atoms with E-state index in [2.05, 4.69) is 13.0 Å². The first-order valence-electron chi connectivity index (χ1n) is 4.21. The van der Waals surface area contributed by atoms with Crippen molar-refractivity contribution < 1.29 is 4.79 Å². The predicted octanol–water partition coefficient (Wildman–Crippen LogP) is 1.61. The fourth-order valence-electron chi connectivity index (χ4n) is 1.47. The van der Waals surface area contributed by atoms with Crippen LogP contribution in [0.3, 0.4) is 0 Å². The third-order valence-corrected chi connectivity index (χ3v) is 2.36. The second-order valence-electron chi connectivity index (χ2n) is 3.09. The summed E-state index contributed by atoms with van der Waals surface area (Å²) in [5.74, 6) is -0.0401. The van der Waals surface area contributed by atoms with Crippen LogP contribution in [0, 0.1) is 5.92 Å². The molecule has 0 saturated heterocycles. The molecule has 0 aliphatic heterocycles. The highest BCUT2D eigenvalue weighted by Gasteiger charge is 2.17. The molecule has 1 unspecified atom stereocenters. The van der Waals surface area contributed by atoms with Crippen molar-refractivity contribution in [3.05, 3.63) is 11.6 Å². The number of hydrogen-bond donors (Lipinski definition) is 1. The van der Waals surface area contributed by atoms with Crippen LogP contribution in [0.1, 0.15) is 32.6 Å². The van der Waals surface area contributed by atoms with Crippen LogP contribution in [0.2, 0.25) is 0 Å². The fourth-order valence-corrected chi connectivity index (χ4v) is 1.47. The minimum atomic E-state index is -0.142. The summed E-state index contributed by atoms with van der Waals surface area (Å²) in [4.78, 5) is 10.7. The van der Waals surface area contributed by atoms with E-state index in [0.717, 1.165) is 25.7 Å². The Morgan fingerprint density at radius 1 is 1.82 bits per heavy atom. The van der Waals surface area contributed by atoms with Crippen LogP contribution in [0.15, 0.2) is 11.6 Å². The van der Waals surface area contributed by atoms with E-state index in [1.165, 1.54) is 5.57 Å². The quantitative estimate of drug-likeness (QED) is 0.602. The molecular formula is C9H15NO. The van der Waals surface area contributed by atoms with Crippen LogP contribution in [0.5, 0.6) is 0 Å². The Morgan fingerprint density at radius 2 is 2.55 bits per heavy atom. The molecule has 0 aromatic heterocycles. The molecule has 0 heterocycles.